The van der Waals surface area contributed by atoms with E-state index in [2.05, 4.69) is 5.32 Å². The molecule has 0 atom stereocenters. The molecule has 1 aromatic rings. The number of benzene rings is 1. The molecule has 86 valence electrons. The van der Waals surface area contributed by atoms with Crippen molar-refractivity contribution in [2.45, 2.75) is 26.2 Å². The zero-order valence-electron chi connectivity index (χ0n) is 9.42. The highest BCUT2D eigenvalue weighted by Gasteiger charge is 2.18. The lowest BCUT2D eigenvalue weighted by Crippen LogP contribution is -2.32. The van der Waals surface area contributed by atoms with Gasteiger partial charge in [0.2, 0.25) is 0 Å². The molecular formula is C13H16ClNO. The van der Waals surface area contributed by atoms with Gasteiger partial charge in [-0.2, -0.15) is 0 Å². The van der Waals surface area contributed by atoms with E-state index in [-0.39, 0.29) is 5.91 Å². The lowest BCUT2D eigenvalue weighted by Gasteiger charge is -2.25. The Labute approximate surface area is 101 Å². The zero-order valence-corrected chi connectivity index (χ0v) is 10.2. The minimum absolute atomic E-state index is 0.0584. The van der Waals surface area contributed by atoms with Crippen molar-refractivity contribution >= 4 is 17.5 Å². The number of halogens is 1. The summed E-state index contributed by atoms with van der Waals surface area (Å²) in [5, 5.41) is 3.47. The molecule has 0 saturated heterocycles. The van der Waals surface area contributed by atoms with Gasteiger partial charge in [-0.15, -0.1) is 0 Å². The van der Waals surface area contributed by atoms with Crippen molar-refractivity contribution in [2.24, 2.45) is 5.92 Å². The van der Waals surface area contributed by atoms with Crippen LogP contribution in [0.1, 0.15) is 35.2 Å². The fourth-order valence-electron chi connectivity index (χ4n) is 1.83. The van der Waals surface area contributed by atoms with Crippen LogP contribution in [0.2, 0.25) is 5.02 Å². The lowest BCUT2D eigenvalue weighted by atomic mass is 9.85. The SMILES string of the molecule is Cc1ccc(C(=O)NCC2CCC2)c(Cl)c1. The Kier molecular flexibility index (Phi) is 3.49. The second-order valence-corrected chi connectivity index (χ2v) is 4.90. The third kappa shape index (κ3) is 2.56. The summed E-state index contributed by atoms with van der Waals surface area (Å²) < 4.78 is 0. The summed E-state index contributed by atoms with van der Waals surface area (Å²) in [5.74, 6) is 0.616. The molecule has 0 unspecified atom stereocenters. The first-order chi connectivity index (χ1) is 7.66. The first-order valence-electron chi connectivity index (χ1n) is 5.71. The smallest absolute Gasteiger partial charge is 0.252 e. The van der Waals surface area contributed by atoms with Gasteiger partial charge >= 0.3 is 0 Å². The minimum Gasteiger partial charge on any atom is -0.352 e. The number of carbonyl (C=O) groups excluding carboxylic acids is 1. The van der Waals surface area contributed by atoms with E-state index in [0.29, 0.717) is 16.5 Å². The summed E-state index contributed by atoms with van der Waals surface area (Å²) in [6, 6.07) is 5.51. The summed E-state index contributed by atoms with van der Waals surface area (Å²) in [7, 11) is 0. The third-order valence-electron chi connectivity index (χ3n) is 3.15. The van der Waals surface area contributed by atoms with Crippen LogP contribution in [0.3, 0.4) is 0 Å². The topological polar surface area (TPSA) is 29.1 Å². The van der Waals surface area contributed by atoms with E-state index in [1.54, 1.807) is 6.07 Å². The standard InChI is InChI=1S/C13H16ClNO/c1-9-5-6-11(12(14)7-9)13(16)15-8-10-3-2-4-10/h5-7,10H,2-4,8H2,1H3,(H,15,16). The number of hydrogen-bond acceptors (Lipinski definition) is 1. The van der Waals surface area contributed by atoms with E-state index in [0.717, 1.165) is 12.1 Å². The first kappa shape index (κ1) is 11.5. The van der Waals surface area contributed by atoms with E-state index in [1.807, 2.05) is 19.1 Å². The Morgan fingerprint density at radius 1 is 1.50 bits per heavy atom. The fourth-order valence-corrected chi connectivity index (χ4v) is 2.15. The van der Waals surface area contributed by atoms with Crippen molar-refractivity contribution in [2.75, 3.05) is 6.54 Å². The van der Waals surface area contributed by atoms with E-state index in [4.69, 9.17) is 11.6 Å². The molecule has 1 saturated carbocycles. The van der Waals surface area contributed by atoms with E-state index in [9.17, 15) is 4.79 Å². The van der Waals surface area contributed by atoms with Crippen molar-refractivity contribution in [1.82, 2.24) is 5.32 Å². The van der Waals surface area contributed by atoms with Crippen LogP contribution in [-0.2, 0) is 0 Å². The normalized spacial score (nSPS) is 15.6. The van der Waals surface area contributed by atoms with Gasteiger partial charge in [-0.25, -0.2) is 0 Å². The summed E-state index contributed by atoms with van der Waals surface area (Å²) in [6.45, 7) is 2.74. The molecule has 1 aliphatic rings. The summed E-state index contributed by atoms with van der Waals surface area (Å²) in [4.78, 5) is 11.8. The molecule has 16 heavy (non-hydrogen) atoms. The first-order valence-corrected chi connectivity index (χ1v) is 6.09. The van der Waals surface area contributed by atoms with Crippen LogP contribution in [0, 0.1) is 12.8 Å². The number of amides is 1. The average Bonchev–Trinajstić information content (AvgIpc) is 2.14. The maximum Gasteiger partial charge on any atom is 0.252 e. The van der Waals surface area contributed by atoms with E-state index in [1.165, 1.54) is 19.3 Å². The molecule has 0 aliphatic heterocycles. The van der Waals surface area contributed by atoms with Crippen molar-refractivity contribution in [1.29, 1.82) is 0 Å². The molecule has 1 aromatic carbocycles. The number of nitrogens with one attached hydrogen (secondary N) is 1. The van der Waals surface area contributed by atoms with Crippen molar-refractivity contribution in [3.05, 3.63) is 34.3 Å². The number of carbonyl (C=O) groups is 1. The molecule has 0 bridgehead atoms. The van der Waals surface area contributed by atoms with Gasteiger partial charge in [-0.1, -0.05) is 24.1 Å². The molecule has 2 rings (SSSR count). The second kappa shape index (κ2) is 4.88. The van der Waals surface area contributed by atoms with Crippen LogP contribution in [0.15, 0.2) is 18.2 Å². The fraction of sp³-hybridized carbons (Fsp3) is 0.462. The Balaban J connectivity index is 1.96. The molecule has 1 aliphatic carbocycles. The van der Waals surface area contributed by atoms with Crippen LogP contribution in [0.25, 0.3) is 0 Å². The van der Waals surface area contributed by atoms with Crippen LogP contribution >= 0.6 is 11.6 Å². The lowest BCUT2D eigenvalue weighted by molar-refractivity contribution is 0.0939. The van der Waals surface area contributed by atoms with Crippen molar-refractivity contribution in [3.63, 3.8) is 0 Å². The summed E-state index contributed by atoms with van der Waals surface area (Å²) in [5.41, 5.74) is 1.65. The minimum atomic E-state index is -0.0584. The van der Waals surface area contributed by atoms with Gasteiger partial charge in [-0.3, -0.25) is 4.79 Å². The van der Waals surface area contributed by atoms with Crippen molar-refractivity contribution in [3.8, 4) is 0 Å². The average molecular weight is 238 g/mol. The Hall–Kier alpha value is -1.02. The zero-order chi connectivity index (χ0) is 11.5. The predicted octanol–water partition coefficient (Wildman–Crippen LogP) is 3.18. The molecule has 1 N–H and O–H groups in total. The molecular weight excluding hydrogens is 222 g/mol. The molecule has 0 aromatic heterocycles. The Morgan fingerprint density at radius 2 is 2.25 bits per heavy atom. The van der Waals surface area contributed by atoms with Crippen LogP contribution in [-0.4, -0.2) is 12.5 Å². The van der Waals surface area contributed by atoms with Gasteiger partial charge in [0.25, 0.3) is 5.91 Å². The highest BCUT2D eigenvalue weighted by molar-refractivity contribution is 6.33. The Morgan fingerprint density at radius 3 is 2.81 bits per heavy atom. The second-order valence-electron chi connectivity index (χ2n) is 4.49. The molecule has 0 spiro atoms. The largest absolute Gasteiger partial charge is 0.352 e. The summed E-state index contributed by atoms with van der Waals surface area (Å²) >= 11 is 6.03. The molecule has 2 nitrogen and oxygen atoms in total. The number of rotatable bonds is 3. The monoisotopic (exact) mass is 237 g/mol. The van der Waals surface area contributed by atoms with E-state index >= 15 is 0 Å². The van der Waals surface area contributed by atoms with Gasteiger partial charge in [0.15, 0.2) is 0 Å². The van der Waals surface area contributed by atoms with Gasteiger partial charge in [0.1, 0.15) is 0 Å². The molecule has 1 fully saturated rings. The molecule has 3 heteroatoms. The van der Waals surface area contributed by atoms with Crippen molar-refractivity contribution < 1.29 is 4.79 Å². The van der Waals surface area contributed by atoms with Crippen LogP contribution in [0.4, 0.5) is 0 Å². The highest BCUT2D eigenvalue weighted by atomic mass is 35.5. The number of hydrogen-bond donors (Lipinski definition) is 1. The maximum atomic E-state index is 11.8. The molecule has 1 amide bonds. The molecule has 0 heterocycles. The third-order valence-corrected chi connectivity index (χ3v) is 3.46. The van der Waals surface area contributed by atoms with Gasteiger partial charge in [0.05, 0.1) is 10.6 Å². The van der Waals surface area contributed by atoms with Crippen LogP contribution < -0.4 is 5.32 Å². The number of aryl methyl sites for hydroxylation is 1. The molecule has 0 radical (unpaired) electrons. The van der Waals surface area contributed by atoms with Gasteiger partial charge in [0, 0.05) is 6.54 Å². The summed E-state index contributed by atoms with van der Waals surface area (Å²) in [6.07, 6.45) is 3.77. The van der Waals surface area contributed by atoms with E-state index < -0.39 is 0 Å². The van der Waals surface area contributed by atoms with Gasteiger partial charge < -0.3 is 5.32 Å². The van der Waals surface area contributed by atoms with Gasteiger partial charge in [-0.05, 0) is 43.4 Å². The predicted molar refractivity (Wildman–Crippen MR) is 65.9 cm³/mol. The Bertz CT molecular complexity index is 399. The maximum absolute atomic E-state index is 11.8. The van der Waals surface area contributed by atoms with Crippen LogP contribution in [0.5, 0.6) is 0 Å². The quantitative estimate of drug-likeness (QED) is 0.860. The highest BCUT2D eigenvalue weighted by Crippen LogP contribution is 2.25.